The third-order valence-electron chi connectivity index (χ3n) is 32.0. The molecule has 14 aliphatic carbocycles. The van der Waals surface area contributed by atoms with Crippen LogP contribution in [0.1, 0.15) is 81.3 Å². The molecule has 390 valence electrons. The lowest BCUT2D eigenvalue weighted by molar-refractivity contribution is 0.519. The lowest BCUT2D eigenvalue weighted by Crippen LogP contribution is -2.28. The average Bonchev–Trinajstić information content (AvgIpc) is 1.34. The van der Waals surface area contributed by atoms with Gasteiger partial charge < -0.3 is 0 Å². The first-order chi connectivity index (χ1) is 44.8. The van der Waals surface area contributed by atoms with Crippen LogP contribution >= 0.6 is 0 Å². The van der Waals surface area contributed by atoms with Crippen molar-refractivity contribution < 1.29 is 0 Å². The Kier molecular flexibility index (Phi) is 3.67. The fourth-order valence-electron chi connectivity index (χ4n) is 31.6. The van der Waals surface area contributed by atoms with Crippen molar-refractivity contribution in [3.63, 3.8) is 0 Å². The third-order valence-corrected chi connectivity index (χ3v) is 32.0. The van der Waals surface area contributed by atoms with E-state index in [0.29, 0.717) is 0 Å². The molecular formula is C86H26N4. The van der Waals surface area contributed by atoms with E-state index in [1.165, 1.54) is 11.1 Å². The quantitative estimate of drug-likeness (QED) is 0.130. The molecule has 4 heteroatoms. The van der Waals surface area contributed by atoms with Crippen molar-refractivity contribution in [3.8, 4) is 11.1 Å². The van der Waals surface area contributed by atoms with Crippen LogP contribution in [-0.4, -0.2) is 22.4 Å². The molecule has 2 fully saturated rings. The molecular weight excluding hydrogens is 1090 g/mol. The maximum Gasteiger partial charge on any atom is 0.0656 e. The van der Waals surface area contributed by atoms with E-state index in [9.17, 15) is 0 Å². The second-order valence-electron chi connectivity index (χ2n) is 32.4. The average molecular weight is 1120 g/mol. The van der Waals surface area contributed by atoms with Crippen LogP contribution in [-0.2, 0) is 34.5 Å². The molecule has 2 heterocycles. The lowest BCUT2D eigenvalue weighted by Gasteiger charge is -2.34. The first kappa shape index (κ1) is 36.8. The molecule has 0 N–H and O–H groups in total. The number of hydrogen-bond acceptors (Lipinski definition) is 4. The molecule has 41 rings (SSSR count). The lowest BCUT2D eigenvalue weighted by atomic mass is 9.66. The largest absolute Gasteiger partial charge is 0.265 e. The van der Waals surface area contributed by atoms with Crippen LogP contribution in [0.2, 0.25) is 0 Å². The van der Waals surface area contributed by atoms with Gasteiger partial charge in [0.1, 0.15) is 0 Å². The van der Waals surface area contributed by atoms with Crippen molar-refractivity contribution in [2.24, 2.45) is 20.8 Å². The van der Waals surface area contributed by atoms with Gasteiger partial charge in [-0.05, 0) is 377 Å². The number of aliphatic imine (C=N–C) groups is 2. The van der Waals surface area contributed by atoms with E-state index < -0.39 is 0 Å². The summed E-state index contributed by atoms with van der Waals surface area (Å²) in [6.07, 6.45) is 19.8. The number of aryl methyl sites for hydroxylation is 2. The highest BCUT2D eigenvalue weighted by Crippen LogP contribution is 3.02. The third kappa shape index (κ3) is 2.15. The Morgan fingerprint density at radius 3 is 0.700 bits per heavy atom. The highest BCUT2D eigenvalue weighted by molar-refractivity contribution is 6.79. The predicted octanol–water partition coefficient (Wildman–Crippen LogP) is 20.8. The minimum Gasteiger partial charge on any atom is -0.265 e. The number of aromatic nitrogens is 2. The van der Waals surface area contributed by atoms with E-state index in [1.807, 2.05) is 24.8 Å². The molecule has 3 unspecified atom stereocenters. The molecule has 4 spiro atoms. The van der Waals surface area contributed by atoms with E-state index in [-0.39, 0.29) is 32.5 Å². The summed E-state index contributed by atoms with van der Waals surface area (Å²) in [5, 5.41) is 76.3. The topological polar surface area (TPSA) is 50.5 Å². The van der Waals surface area contributed by atoms with E-state index >= 15 is 0 Å². The highest BCUT2D eigenvalue weighted by Gasteiger charge is 2.98. The molecule has 0 aliphatic heterocycles. The van der Waals surface area contributed by atoms with Crippen LogP contribution in [0.15, 0.2) is 83.3 Å². The van der Waals surface area contributed by atoms with Gasteiger partial charge in [0.2, 0.25) is 0 Å². The van der Waals surface area contributed by atoms with E-state index in [4.69, 9.17) is 9.98 Å². The maximum atomic E-state index is 6.06. The summed E-state index contributed by atoms with van der Waals surface area (Å²) < 4.78 is 0. The molecule has 90 heavy (non-hydrogen) atoms. The molecule has 25 aromatic carbocycles. The number of hydrogen-bond donors (Lipinski definition) is 0. The van der Waals surface area contributed by atoms with Gasteiger partial charge in [-0.1, -0.05) is 24.3 Å². The molecule has 0 saturated heterocycles. The van der Waals surface area contributed by atoms with Crippen LogP contribution in [0, 0.1) is 10.8 Å². The summed E-state index contributed by atoms with van der Waals surface area (Å²) >= 11 is 0. The number of nitrogens with zero attached hydrogens (tertiary/aromatic N) is 4. The van der Waals surface area contributed by atoms with Crippen molar-refractivity contribution in [2.75, 3.05) is 0 Å². The van der Waals surface area contributed by atoms with Crippen molar-refractivity contribution in [3.05, 3.63) is 129 Å². The van der Waals surface area contributed by atoms with E-state index in [2.05, 4.69) is 70.9 Å². The zero-order valence-corrected chi connectivity index (χ0v) is 47.1. The van der Waals surface area contributed by atoms with Crippen LogP contribution in [0.25, 0.3) is 259 Å². The Morgan fingerprint density at radius 2 is 0.444 bits per heavy atom. The van der Waals surface area contributed by atoms with Gasteiger partial charge in [0.25, 0.3) is 0 Å². The van der Waals surface area contributed by atoms with Crippen LogP contribution < -0.4 is 0 Å². The number of rotatable bonds is 4. The van der Waals surface area contributed by atoms with Crippen LogP contribution in [0.3, 0.4) is 0 Å². The SMILES string of the molecule is C(=Nc1ccncc1)C12CCCc3ccc(cc3)CCCC3(C=Nc4ccncc4)C45c6c7c8c9c%10c%11c%12c%13c%14c%15c%16c(c-7c4c4c7c%17c%18c%19c(c%20c6c9c6c%20c9c%19c%19c%20c%18c%18c7c(c4%16)c4c%15c7c%13c%13c%12c%12c%10c6c6c9c%19c9c(c%126)c%13c6c7c4c%18c%20c69)C%1735)C%141C8%112. The van der Waals surface area contributed by atoms with Crippen molar-refractivity contribution in [1.82, 2.24) is 9.97 Å². The smallest absolute Gasteiger partial charge is 0.0656 e. The summed E-state index contributed by atoms with van der Waals surface area (Å²) in [5.74, 6) is 0. The zero-order valence-electron chi connectivity index (χ0n) is 47.1. The summed E-state index contributed by atoms with van der Waals surface area (Å²) in [5.41, 5.74) is 20.1. The van der Waals surface area contributed by atoms with E-state index in [0.717, 1.165) is 49.9 Å². The molecule has 4 nitrogen and oxygen atoms in total. The minimum atomic E-state index is -0.388. The highest BCUT2D eigenvalue weighted by atomic mass is 15.0. The number of benzene rings is 17. The molecule has 14 aliphatic rings. The molecule has 2 aromatic heterocycles. The van der Waals surface area contributed by atoms with Gasteiger partial charge in [0.05, 0.1) is 11.4 Å². The molecule has 0 radical (unpaired) electrons. The summed E-state index contributed by atoms with van der Waals surface area (Å²) in [6.45, 7) is 0. The first-order valence-electron chi connectivity index (χ1n) is 33.8. The standard InChI is InChI=1S/C86H26N4/c1-3-21-5-7-22(8-6-21)4-2-14-82(20-90-24-11-17-88-18-12-24)84-75-61-53-42-34-27-25-26-28-33(27)46(53)54-43-35(28)32-37-30(26)39-38-29(25)36-31(34)40-47-55-44(36)49(38)59-60-50(39)45(37)56-48-41(32)52(43)64-68-58(48)70-66(56)74(60)83-73(59)65(55)69-57(47)67(63(75)51(40)42)77(84)71-72(78(68)85(82,84)76(64)62(54)61)80(70)86(83,79(69)71)81(83,13-1)19-89-23-9-15-87-16-10-23/h5-12,15-20H,1-4,13-14H2. The summed E-state index contributed by atoms with van der Waals surface area (Å²) in [7, 11) is 0. The van der Waals surface area contributed by atoms with Gasteiger partial charge in [-0.3, -0.25) is 20.0 Å². The fraction of sp³-hybridized carbons (Fsp3) is 0.140. The van der Waals surface area contributed by atoms with Gasteiger partial charge in [-0.15, -0.1) is 0 Å². The van der Waals surface area contributed by atoms with Gasteiger partial charge >= 0.3 is 0 Å². The fourth-order valence-corrected chi connectivity index (χ4v) is 31.6. The second-order valence-corrected chi connectivity index (χ2v) is 32.4. The Bertz CT molecular complexity index is 8200. The van der Waals surface area contributed by atoms with Gasteiger partial charge in [-0.2, -0.15) is 0 Å². The molecule has 12 bridgehead atoms. The Morgan fingerprint density at radius 1 is 0.244 bits per heavy atom. The normalized spacial score (nSPS) is 28.4. The van der Waals surface area contributed by atoms with Crippen molar-refractivity contribution >= 4 is 272 Å². The van der Waals surface area contributed by atoms with Crippen molar-refractivity contribution in [2.45, 2.75) is 60.2 Å². The van der Waals surface area contributed by atoms with Crippen LogP contribution in [0.5, 0.6) is 0 Å². The van der Waals surface area contributed by atoms with Gasteiger partial charge in [0, 0.05) is 69.7 Å². The van der Waals surface area contributed by atoms with Gasteiger partial charge in [0.15, 0.2) is 0 Å². The molecule has 27 aromatic rings. The summed E-state index contributed by atoms with van der Waals surface area (Å²) in [6, 6.07) is 18.9. The number of pyridine rings is 2. The Balaban J connectivity index is 0.958. The zero-order chi connectivity index (χ0) is 54.6. The Labute approximate surface area is 499 Å². The first-order valence-corrected chi connectivity index (χ1v) is 33.8. The Hall–Kier alpha value is -10.4. The monoisotopic (exact) mass is 1110 g/mol. The predicted molar refractivity (Wildman–Crippen MR) is 368 cm³/mol. The summed E-state index contributed by atoms with van der Waals surface area (Å²) in [4.78, 5) is 21.4. The van der Waals surface area contributed by atoms with E-state index in [1.54, 1.807) is 303 Å². The van der Waals surface area contributed by atoms with Crippen LogP contribution in [0.4, 0.5) is 11.4 Å². The second kappa shape index (κ2) is 8.97. The molecule has 3 atom stereocenters. The van der Waals surface area contributed by atoms with Crippen molar-refractivity contribution in [1.29, 1.82) is 0 Å². The maximum absolute atomic E-state index is 6.06. The van der Waals surface area contributed by atoms with Gasteiger partial charge in [-0.25, -0.2) is 0 Å². The molecule has 2 saturated carbocycles. The molecule has 0 amide bonds. The minimum absolute atomic E-state index is 0.374.